The van der Waals surface area contributed by atoms with Crippen molar-refractivity contribution in [1.82, 2.24) is 10.5 Å². The molecule has 1 amide bonds. The van der Waals surface area contributed by atoms with Crippen molar-refractivity contribution in [3.63, 3.8) is 0 Å². The van der Waals surface area contributed by atoms with Crippen molar-refractivity contribution in [3.8, 4) is 0 Å². The Kier molecular flexibility index (Phi) is 4.71. The molecule has 0 bridgehead atoms. The zero-order valence-corrected chi connectivity index (χ0v) is 13.0. The monoisotopic (exact) mass is 322 g/mol. The smallest absolute Gasteiger partial charge is 0.267 e. The van der Waals surface area contributed by atoms with Gasteiger partial charge in [-0.1, -0.05) is 30.0 Å². The molecule has 5 heteroatoms. The number of nitrogens with zero attached hydrogens (tertiary/aromatic N) is 1. The average molecular weight is 322 g/mol. The number of hydrogen-bond donors (Lipinski definition) is 2. The minimum atomic E-state index is -0.551. The number of benzene rings is 2. The van der Waals surface area contributed by atoms with Gasteiger partial charge in [-0.25, -0.2) is 5.48 Å². The Morgan fingerprint density at radius 3 is 2.83 bits per heavy atom. The molecule has 0 saturated heterocycles. The Bertz CT molecular complexity index is 878. The Hall–Kier alpha value is -2.63. The Balaban J connectivity index is 1.81. The first-order valence-corrected chi connectivity index (χ1v) is 7.80. The van der Waals surface area contributed by atoms with Gasteiger partial charge >= 0.3 is 0 Å². The van der Waals surface area contributed by atoms with E-state index in [0.717, 1.165) is 26.1 Å². The molecule has 2 aromatic carbocycles. The molecule has 0 aliphatic carbocycles. The largest absolute Gasteiger partial charge is 0.288 e. The fraction of sp³-hybridized carbons (Fsp3) is 0. The Morgan fingerprint density at radius 1 is 1.09 bits per heavy atom. The van der Waals surface area contributed by atoms with Crippen molar-refractivity contribution in [2.45, 2.75) is 9.79 Å². The lowest BCUT2D eigenvalue weighted by molar-refractivity contribution is -0.124. The van der Waals surface area contributed by atoms with Crippen LogP contribution in [0, 0.1) is 0 Å². The van der Waals surface area contributed by atoms with Crippen LogP contribution in [0.1, 0.15) is 5.56 Å². The maximum Gasteiger partial charge on any atom is 0.267 e. The molecule has 0 unspecified atom stereocenters. The topological polar surface area (TPSA) is 62.2 Å². The third-order valence-corrected chi connectivity index (χ3v) is 4.22. The van der Waals surface area contributed by atoms with Crippen LogP contribution >= 0.6 is 11.8 Å². The highest BCUT2D eigenvalue weighted by molar-refractivity contribution is 7.99. The maximum atomic E-state index is 11.0. The van der Waals surface area contributed by atoms with Gasteiger partial charge in [-0.3, -0.25) is 15.0 Å². The predicted octanol–water partition coefficient (Wildman–Crippen LogP) is 3.90. The molecule has 0 saturated carbocycles. The lowest BCUT2D eigenvalue weighted by Gasteiger charge is -2.04. The number of fused-ring (bicyclic) bond motifs is 1. The van der Waals surface area contributed by atoms with Crippen molar-refractivity contribution in [2.24, 2.45) is 0 Å². The second-order valence-corrected chi connectivity index (χ2v) is 6.02. The van der Waals surface area contributed by atoms with E-state index in [-0.39, 0.29) is 0 Å². The van der Waals surface area contributed by atoms with E-state index in [0.29, 0.717) is 0 Å². The van der Waals surface area contributed by atoms with Crippen LogP contribution < -0.4 is 5.48 Å². The van der Waals surface area contributed by atoms with Crippen LogP contribution in [-0.2, 0) is 4.79 Å². The van der Waals surface area contributed by atoms with Crippen molar-refractivity contribution < 1.29 is 10.0 Å². The molecule has 2 N–H and O–H groups in total. The number of hydroxylamine groups is 1. The summed E-state index contributed by atoms with van der Waals surface area (Å²) >= 11 is 1.65. The molecular formula is C18H14N2O2S. The van der Waals surface area contributed by atoms with Crippen LogP contribution in [0.4, 0.5) is 0 Å². The molecule has 3 rings (SSSR count). The summed E-state index contributed by atoms with van der Waals surface area (Å²) in [5.41, 5.74) is 2.46. The van der Waals surface area contributed by atoms with E-state index in [2.05, 4.69) is 23.2 Å². The summed E-state index contributed by atoms with van der Waals surface area (Å²) in [6, 6.07) is 16.1. The van der Waals surface area contributed by atoms with Gasteiger partial charge in [-0.2, -0.15) is 0 Å². The zero-order chi connectivity index (χ0) is 16.1. The van der Waals surface area contributed by atoms with Gasteiger partial charge in [0.2, 0.25) is 0 Å². The summed E-state index contributed by atoms with van der Waals surface area (Å²) in [5, 5.41) is 10.8. The Morgan fingerprint density at radius 2 is 1.96 bits per heavy atom. The summed E-state index contributed by atoms with van der Waals surface area (Å²) in [6.45, 7) is 0. The summed E-state index contributed by atoms with van der Waals surface area (Å²) in [6.07, 6.45) is 6.57. The number of nitrogens with one attached hydrogen (secondary N) is 1. The van der Waals surface area contributed by atoms with Crippen LogP contribution in [-0.4, -0.2) is 16.1 Å². The number of rotatable bonds is 4. The first-order valence-electron chi connectivity index (χ1n) is 6.98. The predicted molar refractivity (Wildman–Crippen MR) is 91.3 cm³/mol. The first kappa shape index (κ1) is 15.3. The molecular weight excluding hydrogens is 308 g/mol. The maximum absolute atomic E-state index is 11.0. The molecule has 1 heterocycles. The number of carbonyl (C=O) groups excluding carboxylic acids is 1. The second-order valence-electron chi connectivity index (χ2n) is 4.87. The molecule has 0 radical (unpaired) electrons. The number of amides is 1. The van der Waals surface area contributed by atoms with Gasteiger partial charge < -0.3 is 0 Å². The summed E-state index contributed by atoms with van der Waals surface area (Å²) in [5.74, 6) is -0.551. The molecule has 0 aliphatic rings. The number of pyridine rings is 1. The van der Waals surface area contributed by atoms with E-state index in [1.165, 1.54) is 6.08 Å². The van der Waals surface area contributed by atoms with Crippen molar-refractivity contribution in [3.05, 3.63) is 72.6 Å². The van der Waals surface area contributed by atoms with E-state index in [1.807, 2.05) is 36.5 Å². The fourth-order valence-electron chi connectivity index (χ4n) is 2.15. The highest BCUT2D eigenvalue weighted by Crippen LogP contribution is 2.30. The number of hydrogen-bond acceptors (Lipinski definition) is 4. The molecule has 1 aromatic heterocycles. The number of aromatic nitrogens is 1. The van der Waals surface area contributed by atoms with Crippen LogP contribution in [0.15, 0.2) is 76.8 Å². The van der Waals surface area contributed by atoms with Crippen LogP contribution in [0.5, 0.6) is 0 Å². The van der Waals surface area contributed by atoms with Gasteiger partial charge in [-0.05, 0) is 47.4 Å². The van der Waals surface area contributed by atoms with Crippen LogP contribution in [0.2, 0.25) is 0 Å². The molecule has 4 nitrogen and oxygen atoms in total. The molecule has 0 atom stereocenters. The SMILES string of the molecule is O=C(/C=C/c1cccc(Sc2ccc3ccncc3c2)c1)NO. The van der Waals surface area contributed by atoms with Crippen molar-refractivity contribution in [2.75, 3.05) is 0 Å². The third-order valence-electron chi connectivity index (χ3n) is 3.24. The van der Waals surface area contributed by atoms with Gasteiger partial charge in [-0.15, -0.1) is 0 Å². The Labute approximate surface area is 137 Å². The van der Waals surface area contributed by atoms with Crippen molar-refractivity contribution in [1.29, 1.82) is 0 Å². The number of carbonyl (C=O) groups is 1. The quantitative estimate of drug-likeness (QED) is 0.434. The normalized spacial score (nSPS) is 11.0. The van der Waals surface area contributed by atoms with Crippen molar-refractivity contribution >= 4 is 34.5 Å². The van der Waals surface area contributed by atoms with E-state index >= 15 is 0 Å². The average Bonchev–Trinajstić information content (AvgIpc) is 2.60. The second kappa shape index (κ2) is 7.09. The minimum Gasteiger partial charge on any atom is -0.288 e. The van der Waals surface area contributed by atoms with E-state index in [9.17, 15) is 4.79 Å². The fourth-order valence-corrected chi connectivity index (χ4v) is 3.09. The molecule has 114 valence electrons. The molecule has 3 aromatic rings. The summed E-state index contributed by atoms with van der Waals surface area (Å²) in [4.78, 5) is 17.4. The zero-order valence-electron chi connectivity index (χ0n) is 12.1. The first-order chi connectivity index (χ1) is 11.2. The van der Waals surface area contributed by atoms with Crippen LogP contribution in [0.3, 0.4) is 0 Å². The summed E-state index contributed by atoms with van der Waals surface area (Å²) < 4.78 is 0. The molecule has 0 aliphatic heterocycles. The molecule has 0 fully saturated rings. The van der Waals surface area contributed by atoms with Gasteiger partial charge in [0.1, 0.15) is 0 Å². The minimum absolute atomic E-state index is 0.551. The lowest BCUT2D eigenvalue weighted by Crippen LogP contribution is -2.14. The molecule has 0 spiro atoms. The highest BCUT2D eigenvalue weighted by atomic mass is 32.2. The van der Waals surface area contributed by atoms with E-state index < -0.39 is 5.91 Å². The van der Waals surface area contributed by atoms with Gasteiger partial charge in [0.25, 0.3) is 5.91 Å². The van der Waals surface area contributed by atoms with Gasteiger partial charge in [0.05, 0.1) is 0 Å². The lowest BCUT2D eigenvalue weighted by atomic mass is 10.2. The standard InChI is InChI=1S/C18H14N2O2S/c21-18(20-22)7-4-13-2-1-3-16(10-13)23-17-6-5-14-8-9-19-12-15(14)11-17/h1-12,22H,(H,20,21)/b7-4+. The van der Waals surface area contributed by atoms with Crippen LogP contribution in [0.25, 0.3) is 16.8 Å². The summed E-state index contributed by atoms with van der Waals surface area (Å²) in [7, 11) is 0. The molecule has 23 heavy (non-hydrogen) atoms. The van der Waals surface area contributed by atoms with E-state index in [1.54, 1.807) is 29.5 Å². The van der Waals surface area contributed by atoms with Gasteiger partial charge in [0, 0.05) is 33.6 Å². The third kappa shape index (κ3) is 3.97. The van der Waals surface area contributed by atoms with Gasteiger partial charge in [0.15, 0.2) is 0 Å². The highest BCUT2D eigenvalue weighted by Gasteiger charge is 2.01. The van der Waals surface area contributed by atoms with E-state index in [4.69, 9.17) is 5.21 Å².